The third-order valence-corrected chi connectivity index (χ3v) is 5.76. The van der Waals surface area contributed by atoms with Crippen molar-refractivity contribution in [3.8, 4) is 0 Å². The fourth-order valence-electron chi connectivity index (χ4n) is 4.08. The Morgan fingerprint density at radius 3 is 2.74 bits per heavy atom. The first-order valence-corrected chi connectivity index (χ1v) is 10.2. The number of aliphatic hydroxyl groups is 1. The molecule has 1 aromatic carbocycles. The van der Waals surface area contributed by atoms with Gasteiger partial charge >= 0.3 is 0 Å². The minimum atomic E-state index is -0.158. The average molecular weight is 418 g/mol. The Morgan fingerprint density at radius 2 is 1.94 bits per heavy atom. The normalized spacial score (nSPS) is 14.5. The second kappa shape index (κ2) is 7.84. The number of benzene rings is 1. The van der Waals surface area contributed by atoms with E-state index in [1.807, 2.05) is 29.2 Å². The largest absolute Gasteiger partial charge is 0.395 e. The molecule has 0 saturated carbocycles. The summed E-state index contributed by atoms with van der Waals surface area (Å²) in [5.41, 5.74) is 2.80. The van der Waals surface area contributed by atoms with Crippen LogP contribution in [0.15, 0.2) is 53.8 Å². The first-order chi connectivity index (χ1) is 15.2. The van der Waals surface area contributed by atoms with Crippen molar-refractivity contribution in [2.75, 3.05) is 37.7 Å². The van der Waals surface area contributed by atoms with Gasteiger partial charge in [0.1, 0.15) is 5.65 Å². The number of piperazine rings is 1. The lowest BCUT2D eigenvalue weighted by molar-refractivity contribution is 0.0749. The van der Waals surface area contributed by atoms with Gasteiger partial charge < -0.3 is 19.9 Å². The molecule has 0 atom stereocenters. The van der Waals surface area contributed by atoms with Crippen LogP contribution in [0.4, 0.5) is 5.69 Å². The van der Waals surface area contributed by atoms with Gasteiger partial charge in [-0.2, -0.15) is 0 Å². The van der Waals surface area contributed by atoms with Crippen LogP contribution in [0, 0.1) is 0 Å². The molecule has 1 fully saturated rings. The van der Waals surface area contributed by atoms with Crippen molar-refractivity contribution in [3.05, 3.63) is 65.0 Å². The van der Waals surface area contributed by atoms with E-state index in [1.54, 1.807) is 18.5 Å². The van der Waals surface area contributed by atoms with Gasteiger partial charge in [0.25, 0.3) is 11.5 Å². The zero-order valence-electron chi connectivity index (χ0n) is 16.9. The highest BCUT2D eigenvalue weighted by atomic mass is 16.3. The summed E-state index contributed by atoms with van der Waals surface area (Å²) in [5.74, 6) is 0.00325. The Bertz CT molecular complexity index is 1320. The average Bonchev–Trinajstić information content (AvgIpc) is 3.25. The van der Waals surface area contributed by atoms with Crippen LogP contribution in [0.1, 0.15) is 10.4 Å². The number of pyridine rings is 1. The van der Waals surface area contributed by atoms with Gasteiger partial charge in [-0.05, 0) is 30.3 Å². The van der Waals surface area contributed by atoms with E-state index < -0.39 is 0 Å². The van der Waals surface area contributed by atoms with E-state index in [2.05, 4.69) is 19.9 Å². The molecule has 0 aliphatic carbocycles. The van der Waals surface area contributed by atoms with Crippen molar-refractivity contribution in [1.29, 1.82) is 0 Å². The first-order valence-electron chi connectivity index (χ1n) is 10.2. The van der Waals surface area contributed by atoms with Gasteiger partial charge in [-0.3, -0.25) is 14.2 Å². The second-order valence-corrected chi connectivity index (χ2v) is 7.55. The smallest absolute Gasteiger partial charge is 0.261 e. The molecule has 9 heteroatoms. The highest BCUT2D eigenvalue weighted by Gasteiger charge is 2.24. The fraction of sp³-hybridized carbons (Fsp3) is 0.273. The maximum absolute atomic E-state index is 13.0. The summed E-state index contributed by atoms with van der Waals surface area (Å²) in [7, 11) is 0. The van der Waals surface area contributed by atoms with Crippen LogP contribution in [-0.4, -0.2) is 68.2 Å². The number of aliphatic hydroxyl groups excluding tert-OH is 1. The van der Waals surface area contributed by atoms with E-state index in [0.29, 0.717) is 48.3 Å². The number of fused-ring (bicyclic) bond motifs is 2. The molecule has 3 aromatic heterocycles. The Hall–Kier alpha value is -3.72. The monoisotopic (exact) mass is 418 g/mol. The number of nitrogens with one attached hydrogen (secondary N) is 1. The number of aromatic amines is 1. The van der Waals surface area contributed by atoms with E-state index in [9.17, 15) is 9.59 Å². The fourth-order valence-corrected chi connectivity index (χ4v) is 4.08. The van der Waals surface area contributed by atoms with Crippen LogP contribution in [0.5, 0.6) is 0 Å². The van der Waals surface area contributed by atoms with E-state index in [0.717, 1.165) is 11.1 Å². The first kappa shape index (κ1) is 19.3. The molecule has 1 saturated heterocycles. The molecule has 4 aromatic rings. The minimum Gasteiger partial charge on any atom is -0.395 e. The quantitative estimate of drug-likeness (QED) is 0.516. The maximum atomic E-state index is 13.0. The highest BCUT2D eigenvalue weighted by molar-refractivity contribution is 6.06. The van der Waals surface area contributed by atoms with Crippen LogP contribution in [0.25, 0.3) is 21.9 Å². The van der Waals surface area contributed by atoms with Gasteiger partial charge in [0.15, 0.2) is 0 Å². The summed E-state index contributed by atoms with van der Waals surface area (Å²) in [6.45, 7) is 2.72. The number of H-pyrrole nitrogens is 1. The molecule has 1 aliphatic rings. The molecule has 31 heavy (non-hydrogen) atoms. The number of amides is 1. The summed E-state index contributed by atoms with van der Waals surface area (Å²) in [6.07, 6.45) is 4.90. The van der Waals surface area contributed by atoms with Crippen molar-refractivity contribution in [2.45, 2.75) is 6.54 Å². The van der Waals surface area contributed by atoms with Gasteiger partial charge in [-0.1, -0.05) is 0 Å². The van der Waals surface area contributed by atoms with E-state index in [-0.39, 0.29) is 24.6 Å². The van der Waals surface area contributed by atoms with Crippen LogP contribution < -0.4 is 10.5 Å². The Balaban J connectivity index is 1.32. The lowest BCUT2D eigenvalue weighted by atomic mass is 10.1. The zero-order valence-corrected chi connectivity index (χ0v) is 16.9. The Labute approximate surface area is 177 Å². The predicted molar refractivity (Wildman–Crippen MR) is 117 cm³/mol. The van der Waals surface area contributed by atoms with Crippen LogP contribution in [-0.2, 0) is 6.54 Å². The summed E-state index contributed by atoms with van der Waals surface area (Å²) in [4.78, 5) is 41.2. The van der Waals surface area contributed by atoms with E-state index in [4.69, 9.17) is 5.11 Å². The van der Waals surface area contributed by atoms with Crippen molar-refractivity contribution in [3.63, 3.8) is 0 Å². The molecule has 9 nitrogen and oxygen atoms in total. The molecule has 1 aliphatic heterocycles. The van der Waals surface area contributed by atoms with E-state index >= 15 is 0 Å². The summed E-state index contributed by atoms with van der Waals surface area (Å²) < 4.78 is 1.41. The van der Waals surface area contributed by atoms with Crippen molar-refractivity contribution in [2.24, 2.45) is 0 Å². The molecule has 0 radical (unpaired) electrons. The molecule has 158 valence electrons. The number of carbonyl (C=O) groups is 1. The molecule has 4 heterocycles. The standard InChI is InChI=1S/C22H22N6O3/c29-11-10-28-14-25-19-12-15(3-4-17(19)21(28)30)26-6-8-27(9-7-26)22(31)18-13-24-20-16(18)2-1-5-23-20/h1-5,12-14,29H,6-11H2,(H,23,24). The number of hydrogen-bond donors (Lipinski definition) is 2. The minimum absolute atomic E-state index is 0.00325. The molecule has 5 rings (SSSR count). The second-order valence-electron chi connectivity index (χ2n) is 7.55. The molecule has 2 N–H and O–H groups in total. The Morgan fingerprint density at radius 1 is 1.10 bits per heavy atom. The van der Waals surface area contributed by atoms with Crippen molar-refractivity contribution in [1.82, 2.24) is 24.4 Å². The molecule has 1 amide bonds. The predicted octanol–water partition coefficient (Wildman–Crippen LogP) is 1.23. The number of nitrogens with zero attached hydrogens (tertiary/aromatic N) is 5. The SMILES string of the molecule is O=C(c1c[nH]c2ncccc12)N1CCN(c2ccc3c(=O)n(CCO)cnc3c2)CC1. The summed E-state index contributed by atoms with van der Waals surface area (Å²) in [5, 5.41) is 10.4. The lowest BCUT2D eigenvalue weighted by Crippen LogP contribution is -2.48. The lowest BCUT2D eigenvalue weighted by Gasteiger charge is -2.36. The van der Waals surface area contributed by atoms with Crippen molar-refractivity contribution < 1.29 is 9.90 Å². The summed E-state index contributed by atoms with van der Waals surface area (Å²) in [6, 6.07) is 9.33. The number of hydrogen-bond acceptors (Lipinski definition) is 6. The molecular weight excluding hydrogens is 396 g/mol. The van der Waals surface area contributed by atoms with Crippen LogP contribution in [0.2, 0.25) is 0 Å². The van der Waals surface area contributed by atoms with Gasteiger partial charge in [0.05, 0.1) is 35.9 Å². The number of aromatic nitrogens is 4. The number of anilines is 1. The number of rotatable bonds is 4. The van der Waals surface area contributed by atoms with Gasteiger partial charge in [-0.15, -0.1) is 0 Å². The Kier molecular flexibility index (Phi) is 4.87. The topological polar surface area (TPSA) is 107 Å². The van der Waals surface area contributed by atoms with E-state index in [1.165, 1.54) is 10.9 Å². The zero-order chi connectivity index (χ0) is 21.4. The maximum Gasteiger partial charge on any atom is 0.261 e. The highest BCUT2D eigenvalue weighted by Crippen LogP contribution is 2.22. The third kappa shape index (κ3) is 3.42. The third-order valence-electron chi connectivity index (χ3n) is 5.76. The van der Waals surface area contributed by atoms with Crippen LogP contribution >= 0.6 is 0 Å². The van der Waals surface area contributed by atoms with Gasteiger partial charge in [-0.25, -0.2) is 9.97 Å². The molecule has 0 spiro atoms. The van der Waals surface area contributed by atoms with Crippen LogP contribution in [0.3, 0.4) is 0 Å². The molecular formula is C22H22N6O3. The summed E-state index contributed by atoms with van der Waals surface area (Å²) >= 11 is 0. The van der Waals surface area contributed by atoms with Gasteiger partial charge in [0, 0.05) is 49.6 Å². The molecule has 0 unspecified atom stereocenters. The van der Waals surface area contributed by atoms with Gasteiger partial charge in [0.2, 0.25) is 0 Å². The number of carbonyl (C=O) groups excluding carboxylic acids is 1. The molecule has 0 bridgehead atoms. The van der Waals surface area contributed by atoms with Crippen molar-refractivity contribution >= 4 is 33.5 Å².